The molecule has 1 heterocycles. The van der Waals surface area contributed by atoms with Crippen LogP contribution >= 0.6 is 11.6 Å². The van der Waals surface area contributed by atoms with Crippen molar-refractivity contribution in [1.29, 1.82) is 0 Å². The Kier molecular flexibility index (Phi) is 4.11. The topological polar surface area (TPSA) is 59.1 Å². The average molecular weight is 337 g/mol. The summed E-state index contributed by atoms with van der Waals surface area (Å²) in [5.74, 6) is 0. The number of hydrogen-bond donors (Lipinski definition) is 1. The maximum absolute atomic E-state index is 12.6. The SMILES string of the molecule is O=S(=O)(Nc1cccc(C(F)(F)F)c1)c1cccnc1Cl. The van der Waals surface area contributed by atoms with Gasteiger partial charge >= 0.3 is 6.18 Å². The van der Waals surface area contributed by atoms with E-state index in [2.05, 4.69) is 4.98 Å². The molecule has 2 aromatic rings. The quantitative estimate of drug-likeness (QED) is 0.872. The van der Waals surface area contributed by atoms with Gasteiger partial charge < -0.3 is 0 Å². The van der Waals surface area contributed by atoms with E-state index in [1.807, 2.05) is 4.72 Å². The van der Waals surface area contributed by atoms with Crippen LogP contribution in [-0.2, 0) is 16.2 Å². The maximum atomic E-state index is 12.6. The minimum Gasteiger partial charge on any atom is -0.280 e. The monoisotopic (exact) mass is 336 g/mol. The Balaban J connectivity index is 2.36. The molecule has 0 unspecified atom stereocenters. The predicted octanol–water partition coefficient (Wildman–Crippen LogP) is 3.55. The fraction of sp³-hybridized carbons (Fsp3) is 0.0833. The Morgan fingerprint density at radius 1 is 1.14 bits per heavy atom. The first-order valence-electron chi connectivity index (χ1n) is 5.51. The van der Waals surface area contributed by atoms with Crippen LogP contribution in [0.25, 0.3) is 0 Å². The molecule has 0 spiro atoms. The van der Waals surface area contributed by atoms with E-state index in [4.69, 9.17) is 11.6 Å². The fourth-order valence-corrected chi connectivity index (χ4v) is 3.04. The number of pyridine rings is 1. The largest absolute Gasteiger partial charge is 0.416 e. The summed E-state index contributed by atoms with van der Waals surface area (Å²) in [5, 5.41) is -0.267. The Morgan fingerprint density at radius 2 is 1.86 bits per heavy atom. The number of alkyl halides is 3. The first kappa shape index (κ1) is 15.6. The summed E-state index contributed by atoms with van der Waals surface area (Å²) in [6.07, 6.45) is -3.26. The number of benzene rings is 1. The van der Waals surface area contributed by atoms with Crippen LogP contribution in [0.5, 0.6) is 0 Å². The molecule has 0 aliphatic rings. The third kappa shape index (κ3) is 3.64. The van der Waals surface area contributed by atoms with Crippen molar-refractivity contribution in [2.45, 2.75) is 11.1 Å². The van der Waals surface area contributed by atoms with Crippen LogP contribution in [-0.4, -0.2) is 13.4 Å². The smallest absolute Gasteiger partial charge is 0.280 e. The maximum Gasteiger partial charge on any atom is 0.416 e. The van der Waals surface area contributed by atoms with Crippen molar-refractivity contribution in [1.82, 2.24) is 4.98 Å². The summed E-state index contributed by atoms with van der Waals surface area (Å²) in [4.78, 5) is 3.29. The van der Waals surface area contributed by atoms with Crippen LogP contribution < -0.4 is 4.72 Å². The van der Waals surface area contributed by atoms with Crippen LogP contribution in [0.1, 0.15) is 5.56 Å². The number of hydrogen-bond acceptors (Lipinski definition) is 3. The van der Waals surface area contributed by atoms with Gasteiger partial charge in [-0.25, -0.2) is 13.4 Å². The molecule has 0 saturated heterocycles. The Labute approximate surface area is 123 Å². The number of aromatic nitrogens is 1. The van der Waals surface area contributed by atoms with Gasteiger partial charge in [-0.3, -0.25) is 4.72 Å². The molecule has 0 fully saturated rings. The fourth-order valence-electron chi connectivity index (χ4n) is 1.54. The minimum absolute atomic E-state index is 0.218. The second-order valence-corrected chi connectivity index (χ2v) is 5.99. The molecule has 1 aromatic heterocycles. The highest BCUT2D eigenvalue weighted by molar-refractivity contribution is 7.92. The van der Waals surface area contributed by atoms with Crippen molar-refractivity contribution in [3.8, 4) is 0 Å². The summed E-state index contributed by atoms with van der Waals surface area (Å²) < 4.78 is 63.9. The molecule has 0 saturated carbocycles. The Morgan fingerprint density at radius 3 is 2.48 bits per heavy atom. The van der Waals surface area contributed by atoms with E-state index in [1.165, 1.54) is 24.4 Å². The molecular weight excluding hydrogens is 329 g/mol. The van der Waals surface area contributed by atoms with Crippen molar-refractivity contribution in [2.75, 3.05) is 4.72 Å². The first-order valence-corrected chi connectivity index (χ1v) is 7.37. The van der Waals surface area contributed by atoms with Gasteiger partial charge in [0.25, 0.3) is 10.0 Å². The van der Waals surface area contributed by atoms with Gasteiger partial charge in [-0.1, -0.05) is 17.7 Å². The van der Waals surface area contributed by atoms with Gasteiger partial charge in [0.1, 0.15) is 10.0 Å². The van der Waals surface area contributed by atoms with Gasteiger partial charge in [0.2, 0.25) is 0 Å². The minimum atomic E-state index is -4.56. The van der Waals surface area contributed by atoms with Crippen LogP contribution in [0, 0.1) is 0 Å². The molecule has 21 heavy (non-hydrogen) atoms. The van der Waals surface area contributed by atoms with E-state index in [-0.39, 0.29) is 15.7 Å². The van der Waals surface area contributed by atoms with Crippen molar-refractivity contribution < 1.29 is 21.6 Å². The summed E-state index contributed by atoms with van der Waals surface area (Å²) in [6, 6.07) is 6.40. The number of sulfonamides is 1. The van der Waals surface area contributed by atoms with Crippen molar-refractivity contribution in [3.63, 3.8) is 0 Å². The van der Waals surface area contributed by atoms with Gasteiger partial charge in [0.05, 0.1) is 5.56 Å². The van der Waals surface area contributed by atoms with E-state index in [9.17, 15) is 21.6 Å². The molecule has 0 aliphatic carbocycles. The molecule has 0 atom stereocenters. The van der Waals surface area contributed by atoms with E-state index >= 15 is 0 Å². The van der Waals surface area contributed by atoms with Crippen LogP contribution in [0.3, 0.4) is 0 Å². The lowest BCUT2D eigenvalue weighted by molar-refractivity contribution is -0.137. The van der Waals surface area contributed by atoms with Gasteiger partial charge in [-0.05, 0) is 30.3 Å². The molecule has 112 valence electrons. The molecular formula is C12H8ClF3N2O2S. The van der Waals surface area contributed by atoms with Crippen LogP contribution in [0.15, 0.2) is 47.5 Å². The Bertz CT molecular complexity index is 763. The van der Waals surface area contributed by atoms with Crippen molar-refractivity contribution in [3.05, 3.63) is 53.3 Å². The number of rotatable bonds is 3. The summed E-state index contributed by atoms with van der Waals surface area (Å²) in [7, 11) is -4.12. The molecule has 2 rings (SSSR count). The first-order chi connectivity index (χ1) is 9.70. The van der Waals surface area contributed by atoms with Crippen molar-refractivity contribution in [2.24, 2.45) is 0 Å². The molecule has 0 amide bonds. The number of nitrogens with one attached hydrogen (secondary N) is 1. The van der Waals surface area contributed by atoms with Gasteiger partial charge in [0.15, 0.2) is 0 Å². The zero-order valence-electron chi connectivity index (χ0n) is 10.2. The second kappa shape index (κ2) is 5.53. The van der Waals surface area contributed by atoms with E-state index in [1.54, 1.807) is 0 Å². The van der Waals surface area contributed by atoms with E-state index < -0.39 is 21.8 Å². The lowest BCUT2D eigenvalue weighted by Gasteiger charge is -2.11. The number of nitrogens with zero attached hydrogens (tertiary/aromatic N) is 1. The van der Waals surface area contributed by atoms with E-state index in [0.717, 1.165) is 12.1 Å². The number of anilines is 1. The zero-order valence-corrected chi connectivity index (χ0v) is 11.8. The van der Waals surface area contributed by atoms with Crippen LogP contribution in [0.2, 0.25) is 5.15 Å². The number of halogens is 4. The highest BCUT2D eigenvalue weighted by Crippen LogP contribution is 2.31. The third-order valence-corrected chi connectivity index (χ3v) is 4.28. The summed E-state index contributed by atoms with van der Waals surface area (Å²) in [6.45, 7) is 0. The summed E-state index contributed by atoms with van der Waals surface area (Å²) in [5.41, 5.74) is -1.18. The zero-order chi connectivity index (χ0) is 15.7. The standard InChI is InChI=1S/C12H8ClF3N2O2S/c13-11-10(5-2-6-17-11)21(19,20)18-9-4-1-3-8(7-9)12(14,15)16/h1-7,18H. The average Bonchev–Trinajstić information content (AvgIpc) is 2.37. The molecule has 0 bridgehead atoms. The molecule has 0 radical (unpaired) electrons. The molecule has 9 heteroatoms. The normalized spacial score (nSPS) is 12.2. The lowest BCUT2D eigenvalue weighted by Crippen LogP contribution is -2.14. The highest BCUT2D eigenvalue weighted by atomic mass is 35.5. The lowest BCUT2D eigenvalue weighted by atomic mass is 10.2. The summed E-state index contributed by atoms with van der Waals surface area (Å²) >= 11 is 5.67. The van der Waals surface area contributed by atoms with Crippen LogP contribution in [0.4, 0.5) is 18.9 Å². The van der Waals surface area contributed by atoms with Gasteiger partial charge in [-0.15, -0.1) is 0 Å². The highest BCUT2D eigenvalue weighted by Gasteiger charge is 2.30. The second-order valence-electron chi connectivity index (χ2n) is 3.98. The van der Waals surface area contributed by atoms with Gasteiger partial charge in [-0.2, -0.15) is 13.2 Å². The van der Waals surface area contributed by atoms with E-state index in [0.29, 0.717) is 6.07 Å². The molecule has 4 nitrogen and oxygen atoms in total. The predicted molar refractivity (Wildman–Crippen MR) is 71.5 cm³/mol. The molecule has 0 aliphatic heterocycles. The third-order valence-electron chi connectivity index (χ3n) is 2.46. The van der Waals surface area contributed by atoms with Gasteiger partial charge in [0, 0.05) is 11.9 Å². The van der Waals surface area contributed by atoms with Crippen molar-refractivity contribution >= 4 is 27.3 Å². The molecule has 1 N–H and O–H groups in total. The molecule has 1 aromatic carbocycles. The Hall–Kier alpha value is -1.80.